The molecule has 4 heteroatoms. The third kappa shape index (κ3) is 2.46. The van der Waals surface area contributed by atoms with Gasteiger partial charge in [0, 0.05) is 13.1 Å². The van der Waals surface area contributed by atoms with Gasteiger partial charge < -0.3 is 10.6 Å². The molecule has 0 fully saturated rings. The predicted octanol–water partition coefficient (Wildman–Crippen LogP) is 1.76. The molecule has 17 heavy (non-hydrogen) atoms. The van der Waals surface area contributed by atoms with E-state index < -0.39 is 0 Å². The maximum absolute atomic E-state index is 12.3. The van der Waals surface area contributed by atoms with Crippen molar-refractivity contribution in [2.24, 2.45) is 0 Å². The van der Waals surface area contributed by atoms with Crippen LogP contribution in [0.5, 0.6) is 0 Å². The maximum Gasteiger partial charge on any atom is 0.256 e. The molecule has 1 aromatic rings. The predicted molar refractivity (Wildman–Crippen MR) is 67.7 cm³/mol. The van der Waals surface area contributed by atoms with Crippen LogP contribution in [0.15, 0.2) is 23.9 Å². The Hall–Kier alpha value is -1.84. The summed E-state index contributed by atoms with van der Waals surface area (Å²) >= 11 is 0. The lowest BCUT2D eigenvalue weighted by atomic mass is 10.1. The second kappa shape index (κ2) is 4.57. The van der Waals surface area contributed by atoms with E-state index in [9.17, 15) is 4.79 Å². The standard InChI is InChI=1S/C13H17N3O/c1-9-3-5-16(6-4-9)13(17)12-7-11(14)8-15-10(12)2/h3,7-8H,4-6,14H2,1-2H3. The van der Waals surface area contributed by atoms with Crippen LogP contribution in [-0.2, 0) is 0 Å². The highest BCUT2D eigenvalue weighted by atomic mass is 16.2. The first kappa shape index (κ1) is 11.6. The minimum absolute atomic E-state index is 0.0195. The molecule has 1 aliphatic rings. The first-order valence-corrected chi connectivity index (χ1v) is 5.75. The van der Waals surface area contributed by atoms with Crippen molar-refractivity contribution in [2.75, 3.05) is 18.8 Å². The lowest BCUT2D eigenvalue weighted by molar-refractivity contribution is 0.0768. The molecule has 1 amide bonds. The number of anilines is 1. The molecule has 0 aliphatic carbocycles. The molecular weight excluding hydrogens is 214 g/mol. The number of carbonyl (C=O) groups is 1. The van der Waals surface area contributed by atoms with Crippen molar-refractivity contribution < 1.29 is 4.79 Å². The van der Waals surface area contributed by atoms with Gasteiger partial charge in [0.05, 0.1) is 23.1 Å². The number of aryl methyl sites for hydroxylation is 1. The number of nitrogen functional groups attached to an aromatic ring is 1. The Labute approximate surface area is 101 Å². The van der Waals surface area contributed by atoms with Crippen LogP contribution < -0.4 is 5.73 Å². The Balaban J connectivity index is 2.23. The minimum Gasteiger partial charge on any atom is -0.397 e. The van der Waals surface area contributed by atoms with Gasteiger partial charge in [-0.2, -0.15) is 0 Å². The van der Waals surface area contributed by atoms with E-state index in [2.05, 4.69) is 18.0 Å². The van der Waals surface area contributed by atoms with E-state index in [1.54, 1.807) is 12.3 Å². The summed E-state index contributed by atoms with van der Waals surface area (Å²) in [7, 11) is 0. The zero-order valence-corrected chi connectivity index (χ0v) is 10.2. The van der Waals surface area contributed by atoms with Crippen LogP contribution in [0.25, 0.3) is 0 Å². The lowest BCUT2D eigenvalue weighted by Gasteiger charge is -2.26. The van der Waals surface area contributed by atoms with Crippen LogP contribution in [0.4, 0.5) is 5.69 Å². The zero-order valence-electron chi connectivity index (χ0n) is 10.2. The molecule has 0 saturated carbocycles. The molecule has 2 heterocycles. The van der Waals surface area contributed by atoms with Crippen molar-refractivity contribution in [3.05, 3.63) is 35.2 Å². The number of amides is 1. The Morgan fingerprint density at radius 3 is 2.88 bits per heavy atom. The monoisotopic (exact) mass is 231 g/mol. The Bertz CT molecular complexity index is 480. The summed E-state index contributed by atoms with van der Waals surface area (Å²) in [5.74, 6) is 0.0195. The number of nitrogens with zero attached hydrogens (tertiary/aromatic N) is 2. The molecule has 1 aliphatic heterocycles. The smallest absolute Gasteiger partial charge is 0.256 e. The highest BCUT2D eigenvalue weighted by Gasteiger charge is 2.19. The summed E-state index contributed by atoms with van der Waals surface area (Å²) in [4.78, 5) is 18.2. The summed E-state index contributed by atoms with van der Waals surface area (Å²) in [6.07, 6.45) is 4.61. The first-order valence-electron chi connectivity index (χ1n) is 5.75. The molecule has 2 N–H and O–H groups in total. The summed E-state index contributed by atoms with van der Waals surface area (Å²) in [5.41, 5.74) is 8.89. The highest BCUT2D eigenvalue weighted by Crippen LogP contribution is 2.16. The SMILES string of the molecule is CC1=CCN(C(=O)c2cc(N)cnc2C)CC1. The largest absolute Gasteiger partial charge is 0.397 e. The molecule has 0 aromatic carbocycles. The zero-order chi connectivity index (χ0) is 12.4. The number of hydrogen-bond donors (Lipinski definition) is 1. The van der Waals surface area contributed by atoms with Gasteiger partial charge in [-0.3, -0.25) is 9.78 Å². The molecule has 0 bridgehead atoms. The molecule has 0 saturated heterocycles. The van der Waals surface area contributed by atoms with Crippen molar-refractivity contribution in [3.8, 4) is 0 Å². The molecule has 0 radical (unpaired) electrons. The fourth-order valence-electron chi connectivity index (χ4n) is 1.89. The van der Waals surface area contributed by atoms with Gasteiger partial charge >= 0.3 is 0 Å². The molecular formula is C13H17N3O. The fourth-order valence-corrected chi connectivity index (χ4v) is 1.89. The van der Waals surface area contributed by atoms with Crippen molar-refractivity contribution in [2.45, 2.75) is 20.3 Å². The van der Waals surface area contributed by atoms with Gasteiger partial charge in [-0.05, 0) is 26.3 Å². The fraction of sp³-hybridized carbons (Fsp3) is 0.385. The maximum atomic E-state index is 12.3. The van der Waals surface area contributed by atoms with Gasteiger partial charge in [-0.1, -0.05) is 11.6 Å². The van der Waals surface area contributed by atoms with E-state index in [4.69, 9.17) is 5.73 Å². The Kier molecular flexibility index (Phi) is 3.13. The number of carbonyl (C=O) groups excluding carboxylic acids is 1. The van der Waals surface area contributed by atoms with Crippen LogP contribution in [-0.4, -0.2) is 28.9 Å². The topological polar surface area (TPSA) is 59.2 Å². The number of hydrogen-bond acceptors (Lipinski definition) is 3. The molecule has 0 unspecified atom stereocenters. The van der Waals surface area contributed by atoms with Crippen LogP contribution in [0.3, 0.4) is 0 Å². The van der Waals surface area contributed by atoms with Crippen LogP contribution in [0, 0.1) is 6.92 Å². The van der Waals surface area contributed by atoms with E-state index in [0.29, 0.717) is 17.8 Å². The van der Waals surface area contributed by atoms with E-state index in [0.717, 1.165) is 18.7 Å². The minimum atomic E-state index is 0.0195. The molecule has 0 atom stereocenters. The van der Waals surface area contributed by atoms with Crippen molar-refractivity contribution in [3.63, 3.8) is 0 Å². The van der Waals surface area contributed by atoms with E-state index in [1.807, 2.05) is 11.8 Å². The number of aromatic nitrogens is 1. The number of pyridine rings is 1. The van der Waals surface area contributed by atoms with Crippen molar-refractivity contribution in [1.29, 1.82) is 0 Å². The molecule has 90 valence electrons. The quantitative estimate of drug-likeness (QED) is 0.749. The lowest BCUT2D eigenvalue weighted by Crippen LogP contribution is -2.35. The van der Waals surface area contributed by atoms with Crippen LogP contribution in [0.2, 0.25) is 0 Å². The summed E-state index contributed by atoms with van der Waals surface area (Å²) < 4.78 is 0. The normalized spacial score (nSPS) is 15.6. The average molecular weight is 231 g/mol. The van der Waals surface area contributed by atoms with E-state index in [-0.39, 0.29) is 5.91 Å². The summed E-state index contributed by atoms with van der Waals surface area (Å²) in [6, 6.07) is 1.70. The van der Waals surface area contributed by atoms with Gasteiger partial charge in [0.1, 0.15) is 0 Å². The van der Waals surface area contributed by atoms with Crippen molar-refractivity contribution >= 4 is 11.6 Å². The summed E-state index contributed by atoms with van der Waals surface area (Å²) in [5, 5.41) is 0. The number of nitrogens with two attached hydrogens (primary N) is 1. The first-order chi connectivity index (χ1) is 8.08. The van der Waals surface area contributed by atoms with Gasteiger partial charge in [0.15, 0.2) is 0 Å². The molecule has 1 aromatic heterocycles. The van der Waals surface area contributed by atoms with Gasteiger partial charge in [0.2, 0.25) is 0 Å². The third-order valence-electron chi connectivity index (χ3n) is 3.06. The highest BCUT2D eigenvalue weighted by molar-refractivity contribution is 5.96. The van der Waals surface area contributed by atoms with Crippen molar-refractivity contribution in [1.82, 2.24) is 9.88 Å². The summed E-state index contributed by atoms with van der Waals surface area (Å²) in [6.45, 7) is 5.38. The second-order valence-corrected chi connectivity index (χ2v) is 4.45. The van der Waals surface area contributed by atoms with Crippen LogP contribution in [0.1, 0.15) is 29.4 Å². The Morgan fingerprint density at radius 2 is 2.24 bits per heavy atom. The average Bonchev–Trinajstić information content (AvgIpc) is 2.32. The second-order valence-electron chi connectivity index (χ2n) is 4.45. The van der Waals surface area contributed by atoms with Gasteiger partial charge in [0.25, 0.3) is 5.91 Å². The molecule has 0 spiro atoms. The van der Waals surface area contributed by atoms with Crippen LogP contribution >= 0.6 is 0 Å². The van der Waals surface area contributed by atoms with Gasteiger partial charge in [-0.25, -0.2) is 0 Å². The van der Waals surface area contributed by atoms with E-state index >= 15 is 0 Å². The molecule has 4 nitrogen and oxygen atoms in total. The third-order valence-corrected chi connectivity index (χ3v) is 3.06. The van der Waals surface area contributed by atoms with Gasteiger partial charge in [-0.15, -0.1) is 0 Å². The Morgan fingerprint density at radius 1 is 1.47 bits per heavy atom. The molecule has 2 rings (SSSR count). The van der Waals surface area contributed by atoms with E-state index in [1.165, 1.54) is 5.57 Å². The number of rotatable bonds is 1.